The lowest BCUT2D eigenvalue weighted by Gasteiger charge is -2.27. The van der Waals surface area contributed by atoms with E-state index in [0.717, 1.165) is 40.3 Å². The number of carbonyl (C=O) groups excluding carboxylic acids is 2. The second-order valence-corrected chi connectivity index (χ2v) is 18.5. The fourth-order valence-electron chi connectivity index (χ4n) is 7.39. The number of methoxy groups -OCH3 is 1. The van der Waals surface area contributed by atoms with E-state index >= 15 is 0 Å². The maximum absolute atomic E-state index is 14.3. The quantitative estimate of drug-likeness (QED) is 0.0280. The predicted octanol–water partition coefficient (Wildman–Crippen LogP) is 7.92. The number of sulfonamides is 1. The molecule has 7 aromatic rings. The second kappa shape index (κ2) is 22.1. The van der Waals surface area contributed by atoms with Crippen molar-refractivity contribution in [3.8, 4) is 17.0 Å². The van der Waals surface area contributed by atoms with E-state index in [2.05, 4.69) is 85.0 Å². The second-order valence-electron chi connectivity index (χ2n) is 15.8. The van der Waals surface area contributed by atoms with Crippen LogP contribution in [0.25, 0.3) is 22.2 Å². The fourth-order valence-corrected chi connectivity index (χ4v) is 8.75. The molecule has 0 aliphatic rings. The third-order valence-corrected chi connectivity index (χ3v) is 13.1. The number of hydrogen-bond donors (Lipinski definition) is 6. The van der Waals surface area contributed by atoms with E-state index in [0.29, 0.717) is 59.3 Å². The number of hydrogen-bond acceptors (Lipinski definition) is 14. The third-order valence-electron chi connectivity index (χ3n) is 11.0. The zero-order chi connectivity index (χ0) is 49.2. The summed E-state index contributed by atoms with van der Waals surface area (Å²) < 4.78 is 51.6. The number of amides is 2. The molecule has 2 amide bonds. The van der Waals surface area contributed by atoms with Crippen LogP contribution in [0.15, 0.2) is 126 Å². The molecule has 7 N–H and O–H groups in total. The van der Waals surface area contributed by atoms with Crippen molar-refractivity contribution in [1.29, 1.82) is 0 Å². The number of unbranched alkanes of at least 4 members (excludes halogenated alkanes) is 1. The zero-order valence-corrected chi connectivity index (χ0v) is 40.7. The maximum Gasteiger partial charge on any atom is 0.253 e. The predicted molar refractivity (Wildman–Crippen MR) is 272 cm³/mol. The Bertz CT molecular complexity index is 3120. The minimum atomic E-state index is -3.80. The number of aryl methyl sites for hydroxylation is 1. The van der Waals surface area contributed by atoms with Crippen LogP contribution in [0.1, 0.15) is 23.2 Å². The Morgan fingerprint density at radius 3 is 2.42 bits per heavy atom. The van der Waals surface area contributed by atoms with Gasteiger partial charge < -0.3 is 46.1 Å². The molecular formula is C48H51BrFN13O5S. The molecule has 0 saturated carbocycles. The first kappa shape index (κ1) is 49.4. The monoisotopic (exact) mass is 1020 g/mol. The minimum absolute atomic E-state index is 0.0842. The fraction of sp³-hybridized carbons (Fsp3) is 0.208. The van der Waals surface area contributed by atoms with E-state index in [4.69, 9.17) is 15.5 Å². The van der Waals surface area contributed by atoms with E-state index in [-0.39, 0.29) is 40.4 Å². The minimum Gasteiger partial charge on any atom is -0.494 e. The van der Waals surface area contributed by atoms with Crippen LogP contribution in [0.2, 0.25) is 0 Å². The van der Waals surface area contributed by atoms with Crippen LogP contribution in [0.4, 0.5) is 50.5 Å². The molecule has 21 heteroatoms. The summed E-state index contributed by atoms with van der Waals surface area (Å²) in [6.07, 6.45) is 7.74. The summed E-state index contributed by atoms with van der Waals surface area (Å²) in [5, 5.41) is 13.2. The van der Waals surface area contributed by atoms with E-state index in [9.17, 15) is 22.4 Å². The Hall–Kier alpha value is -7.46. The van der Waals surface area contributed by atoms with Gasteiger partial charge in [0.25, 0.3) is 5.91 Å². The van der Waals surface area contributed by atoms with E-state index < -0.39 is 21.7 Å². The van der Waals surface area contributed by atoms with Gasteiger partial charge in [-0.3, -0.25) is 9.59 Å². The highest BCUT2D eigenvalue weighted by Gasteiger charge is 2.20. The Labute approximate surface area is 407 Å². The molecule has 0 aliphatic carbocycles. The summed E-state index contributed by atoms with van der Waals surface area (Å²) in [5.41, 5.74) is 10.3. The number of para-hydroxylation sites is 1. The van der Waals surface area contributed by atoms with Crippen molar-refractivity contribution in [3.63, 3.8) is 0 Å². The number of anilines is 8. The van der Waals surface area contributed by atoms with Gasteiger partial charge in [0, 0.05) is 80.5 Å². The van der Waals surface area contributed by atoms with Crippen molar-refractivity contribution in [1.82, 2.24) is 34.1 Å². The number of nitrogens with one attached hydrogen (secondary N) is 5. The van der Waals surface area contributed by atoms with Gasteiger partial charge >= 0.3 is 0 Å². The normalized spacial score (nSPS) is 11.3. The molecule has 0 atom stereocenters. The molecule has 69 heavy (non-hydrogen) atoms. The Balaban J connectivity index is 0.901. The summed E-state index contributed by atoms with van der Waals surface area (Å²) in [6, 6.07) is 23.8. The molecule has 0 unspecified atom stereocenters. The number of nitrogens with two attached hydrogens (primary N) is 1. The van der Waals surface area contributed by atoms with Gasteiger partial charge in [-0.2, -0.15) is 4.98 Å². The third kappa shape index (κ3) is 12.2. The van der Waals surface area contributed by atoms with Crippen LogP contribution in [0.3, 0.4) is 0 Å². The van der Waals surface area contributed by atoms with Gasteiger partial charge in [-0.1, -0.05) is 30.8 Å². The summed E-state index contributed by atoms with van der Waals surface area (Å²) in [4.78, 5) is 46.7. The zero-order valence-electron chi connectivity index (χ0n) is 38.3. The molecule has 3 aromatic heterocycles. The molecular weight excluding hydrogens is 970 g/mol. The van der Waals surface area contributed by atoms with Crippen molar-refractivity contribution in [3.05, 3.63) is 132 Å². The van der Waals surface area contributed by atoms with Crippen molar-refractivity contribution in [2.24, 2.45) is 12.8 Å². The number of ether oxygens (including phenoxy) is 1. The lowest BCUT2D eigenvalue weighted by Crippen LogP contribution is -2.32. The first-order valence-corrected chi connectivity index (χ1v) is 23.9. The van der Waals surface area contributed by atoms with Crippen molar-refractivity contribution in [2.45, 2.75) is 17.7 Å². The molecule has 18 nitrogen and oxygen atoms in total. The van der Waals surface area contributed by atoms with Crippen molar-refractivity contribution >= 4 is 94.8 Å². The highest BCUT2D eigenvalue weighted by molar-refractivity contribution is 9.10. The van der Waals surface area contributed by atoms with Crippen LogP contribution in [0, 0.1) is 5.82 Å². The highest BCUT2D eigenvalue weighted by atomic mass is 79.9. The average molecular weight is 1020 g/mol. The first-order chi connectivity index (χ1) is 33.1. The first-order valence-electron chi connectivity index (χ1n) is 21.6. The summed E-state index contributed by atoms with van der Waals surface area (Å²) >= 11 is 3.35. The molecule has 4 aromatic carbocycles. The number of halogens is 2. The Kier molecular flexibility index (Phi) is 15.8. The number of benzene rings is 4. The standard InChI is InChI=1S/C48H51BrFN13O5S/c1-6-43(64)56-38-26-39(59-47-52-22-20-36(58-47)33-29-63(4)40-15-8-7-12-32(33)40)42(68-5)27-41(38)62(3)25-24-61(2)23-10-9-21-54-69(66,67)31-18-16-30(17-19-31)55-48-53-28-34(49)46(60-48)57-37-14-11-13-35(50)44(37)45(51)65/h6-8,11-20,22,26-29,54H,1,9-10,21,23-25H2,2-5H3,(H2,51,65)(H,56,64)(H,52,58,59)(H2,53,55,57,60). The number of fused-ring (bicyclic) bond motifs is 1. The summed E-state index contributed by atoms with van der Waals surface area (Å²) in [6.45, 7) is 5.84. The van der Waals surface area contributed by atoms with Gasteiger partial charge in [-0.05, 0) is 103 Å². The Morgan fingerprint density at radius 2 is 1.67 bits per heavy atom. The topological polar surface area (TPSA) is 227 Å². The molecule has 0 radical (unpaired) electrons. The van der Waals surface area contributed by atoms with E-state index in [1.54, 1.807) is 31.5 Å². The lowest BCUT2D eigenvalue weighted by molar-refractivity contribution is -0.111. The number of nitrogens with zero attached hydrogens (tertiary/aromatic N) is 7. The summed E-state index contributed by atoms with van der Waals surface area (Å²) in [5.74, 6) is -0.841. The van der Waals surface area contributed by atoms with Gasteiger partial charge in [-0.15, -0.1) is 0 Å². The number of aromatic nitrogens is 5. The van der Waals surface area contributed by atoms with Crippen molar-refractivity contribution < 1.29 is 27.1 Å². The molecule has 0 saturated heterocycles. The largest absolute Gasteiger partial charge is 0.494 e. The number of primary amides is 1. The maximum atomic E-state index is 14.3. The molecule has 3 heterocycles. The van der Waals surface area contributed by atoms with Gasteiger partial charge in [-0.25, -0.2) is 32.5 Å². The number of likely N-dealkylation sites (N-methyl/N-ethyl adjacent to an activating group) is 2. The van der Waals surface area contributed by atoms with E-state index in [1.165, 1.54) is 36.5 Å². The van der Waals surface area contributed by atoms with Crippen LogP contribution >= 0.6 is 15.9 Å². The van der Waals surface area contributed by atoms with Gasteiger partial charge in [0.1, 0.15) is 17.4 Å². The van der Waals surface area contributed by atoms with Crippen LogP contribution in [-0.4, -0.2) is 97.0 Å². The molecule has 0 aliphatic heterocycles. The molecule has 0 fully saturated rings. The summed E-state index contributed by atoms with van der Waals surface area (Å²) in [7, 11) is 3.69. The smallest absolute Gasteiger partial charge is 0.253 e. The van der Waals surface area contributed by atoms with E-state index in [1.807, 2.05) is 56.5 Å². The van der Waals surface area contributed by atoms with Crippen LogP contribution < -0.4 is 41.4 Å². The van der Waals surface area contributed by atoms with Gasteiger partial charge in [0.2, 0.25) is 27.8 Å². The van der Waals surface area contributed by atoms with Crippen LogP contribution in [0.5, 0.6) is 5.75 Å². The Morgan fingerprint density at radius 1 is 0.899 bits per heavy atom. The van der Waals surface area contributed by atoms with Gasteiger partial charge in [0.15, 0.2) is 0 Å². The van der Waals surface area contributed by atoms with Gasteiger partial charge in [0.05, 0.1) is 50.5 Å². The van der Waals surface area contributed by atoms with Crippen molar-refractivity contribution in [2.75, 3.05) is 73.6 Å². The average Bonchev–Trinajstić information content (AvgIpc) is 3.67. The number of rotatable bonds is 22. The lowest BCUT2D eigenvalue weighted by atomic mass is 10.1. The molecule has 7 rings (SSSR count). The molecule has 358 valence electrons. The highest BCUT2D eigenvalue weighted by Crippen LogP contribution is 2.38. The molecule has 0 bridgehead atoms. The van der Waals surface area contributed by atoms with Crippen LogP contribution in [-0.2, 0) is 21.9 Å². The molecule has 0 spiro atoms. The number of carbonyl (C=O) groups is 2. The SMILES string of the molecule is C=CC(=O)Nc1cc(Nc2nccc(-c3cn(C)c4ccccc34)n2)c(OC)cc1N(C)CCN(C)CCCCNS(=O)(=O)c1ccc(Nc2ncc(Br)c(Nc3cccc(F)c3C(N)=O)n2)cc1.